The van der Waals surface area contributed by atoms with E-state index in [4.69, 9.17) is 9.90 Å². The molecule has 6 heteroatoms. The van der Waals surface area contributed by atoms with Gasteiger partial charge in [0.15, 0.2) is 0 Å². The molecule has 0 spiro atoms. The number of nitrogens with two attached hydrogens (primary N) is 1. The number of carboxylic acid groups (broad SMARTS) is 1. The standard InChI is InChI=1S/C2H6S.CH4N2O2.Ni/c1-3-2;2-3-1(4)5;/h1-2H3;3H,2H2,(H,4,5);. The monoisotopic (exact) mass is 196 g/mol. The first kappa shape index (κ1) is 16.0. The van der Waals surface area contributed by atoms with Gasteiger partial charge in [0.2, 0.25) is 0 Å². The molecule has 0 aromatic carbocycles. The first-order valence-electron chi connectivity index (χ1n) is 1.78. The predicted octanol–water partition coefficient (Wildman–Crippen LogP) is 0.104. The normalized spacial score (nSPS) is 5.67. The number of hydrogen-bond acceptors (Lipinski definition) is 3. The predicted molar refractivity (Wildman–Crippen MR) is 34.8 cm³/mol. The number of hydrogen-bond donors (Lipinski definition) is 3. The summed E-state index contributed by atoms with van der Waals surface area (Å²) in [4.78, 5) is 9.13. The van der Waals surface area contributed by atoms with Gasteiger partial charge in [-0.15, -0.1) is 0 Å². The van der Waals surface area contributed by atoms with E-state index in [2.05, 4.69) is 5.84 Å². The summed E-state index contributed by atoms with van der Waals surface area (Å²) in [6, 6.07) is 0. The summed E-state index contributed by atoms with van der Waals surface area (Å²) in [5, 5.41) is 7.49. The van der Waals surface area contributed by atoms with Crippen LogP contribution in [0.15, 0.2) is 0 Å². The van der Waals surface area contributed by atoms with E-state index in [9.17, 15) is 0 Å². The smallest absolute Gasteiger partial charge is 0.418 e. The average Bonchev–Trinajstić information content (AvgIpc) is 1.69. The molecule has 0 saturated carbocycles. The van der Waals surface area contributed by atoms with Crippen molar-refractivity contribution in [3.8, 4) is 0 Å². The molecular weight excluding hydrogens is 187 g/mol. The molecule has 0 bridgehead atoms. The van der Waals surface area contributed by atoms with E-state index in [1.165, 1.54) is 5.43 Å². The minimum Gasteiger partial charge on any atom is -0.464 e. The minimum atomic E-state index is -1.22. The Balaban J connectivity index is -0.0000000800. The van der Waals surface area contributed by atoms with Crippen molar-refractivity contribution in [2.75, 3.05) is 12.5 Å². The van der Waals surface area contributed by atoms with Gasteiger partial charge in [-0.05, 0) is 12.5 Å². The van der Waals surface area contributed by atoms with Gasteiger partial charge in [0.1, 0.15) is 0 Å². The van der Waals surface area contributed by atoms with Gasteiger partial charge < -0.3 is 5.11 Å². The number of hydrazine groups is 1. The van der Waals surface area contributed by atoms with Gasteiger partial charge in [-0.2, -0.15) is 11.8 Å². The van der Waals surface area contributed by atoms with E-state index in [0.717, 1.165) is 0 Å². The second-order valence-corrected chi connectivity index (χ2v) is 1.67. The molecule has 0 radical (unpaired) electrons. The van der Waals surface area contributed by atoms with Gasteiger partial charge in [-0.1, -0.05) is 0 Å². The Labute approximate surface area is 68.5 Å². The van der Waals surface area contributed by atoms with Crippen molar-refractivity contribution in [2.45, 2.75) is 0 Å². The van der Waals surface area contributed by atoms with Crippen LogP contribution in [-0.4, -0.2) is 23.7 Å². The summed E-state index contributed by atoms with van der Waals surface area (Å²) in [6.07, 6.45) is 2.87. The average molecular weight is 197 g/mol. The number of rotatable bonds is 0. The molecule has 0 heterocycles. The molecule has 0 atom stereocenters. The van der Waals surface area contributed by atoms with Crippen molar-refractivity contribution in [2.24, 2.45) is 5.84 Å². The molecule has 1 amide bonds. The van der Waals surface area contributed by atoms with Gasteiger partial charge in [-0.3, -0.25) is 5.43 Å². The Kier molecular flexibility index (Phi) is 28.0. The van der Waals surface area contributed by atoms with Gasteiger partial charge >= 0.3 is 6.09 Å². The van der Waals surface area contributed by atoms with Crippen LogP contribution in [0.25, 0.3) is 0 Å². The van der Waals surface area contributed by atoms with Crippen LogP contribution in [0, 0.1) is 0 Å². The fourth-order valence-corrected chi connectivity index (χ4v) is 0. The molecule has 0 aliphatic rings. The molecule has 0 aliphatic carbocycles. The zero-order valence-corrected chi connectivity index (χ0v) is 6.96. The SMILES string of the molecule is CSC.NNC(=O)O.[Ni]. The zero-order chi connectivity index (χ0) is 6.99. The second-order valence-electron chi connectivity index (χ2n) is 0.858. The molecule has 0 aliphatic heterocycles. The summed E-state index contributed by atoms with van der Waals surface area (Å²) in [5.41, 5.74) is 1.44. The molecule has 0 aromatic rings. The number of carbonyl (C=O) groups is 1. The van der Waals surface area contributed by atoms with Crippen LogP contribution in [0.2, 0.25) is 0 Å². The van der Waals surface area contributed by atoms with Crippen LogP contribution < -0.4 is 11.3 Å². The second kappa shape index (κ2) is 15.7. The van der Waals surface area contributed by atoms with Crippen molar-refractivity contribution in [1.29, 1.82) is 0 Å². The van der Waals surface area contributed by atoms with E-state index in [-0.39, 0.29) is 16.5 Å². The summed E-state index contributed by atoms with van der Waals surface area (Å²) in [6.45, 7) is 0. The fraction of sp³-hybridized carbons (Fsp3) is 0.667. The molecule has 60 valence electrons. The Morgan fingerprint density at radius 3 is 1.78 bits per heavy atom. The first-order chi connectivity index (χ1) is 3.68. The fourth-order valence-electron chi connectivity index (χ4n) is 0. The summed E-state index contributed by atoms with van der Waals surface area (Å²) in [7, 11) is 0. The summed E-state index contributed by atoms with van der Waals surface area (Å²) >= 11 is 1.75. The Hall–Kier alpha value is 0.0735. The molecule has 0 unspecified atom stereocenters. The molecule has 0 fully saturated rings. The minimum absolute atomic E-state index is 0. The summed E-state index contributed by atoms with van der Waals surface area (Å²) < 4.78 is 0. The van der Waals surface area contributed by atoms with Crippen molar-refractivity contribution >= 4 is 17.9 Å². The van der Waals surface area contributed by atoms with E-state index in [0.29, 0.717) is 0 Å². The topological polar surface area (TPSA) is 75.3 Å². The van der Waals surface area contributed by atoms with Crippen molar-refractivity contribution in [3.05, 3.63) is 0 Å². The van der Waals surface area contributed by atoms with Gasteiger partial charge in [-0.25, -0.2) is 10.6 Å². The van der Waals surface area contributed by atoms with Gasteiger partial charge in [0.25, 0.3) is 0 Å². The van der Waals surface area contributed by atoms with E-state index < -0.39 is 6.09 Å². The Morgan fingerprint density at radius 1 is 1.67 bits per heavy atom. The third kappa shape index (κ3) is 69.3. The van der Waals surface area contributed by atoms with Gasteiger partial charge in [0.05, 0.1) is 0 Å². The quantitative estimate of drug-likeness (QED) is 0.223. The van der Waals surface area contributed by atoms with Crippen LogP contribution in [0.1, 0.15) is 0 Å². The molecular formula is C3H10N2NiO2S. The maximum absolute atomic E-state index is 9.13. The van der Waals surface area contributed by atoms with E-state index in [1.54, 1.807) is 11.8 Å². The van der Waals surface area contributed by atoms with Crippen LogP contribution in [0.5, 0.6) is 0 Å². The first-order valence-corrected chi connectivity index (χ1v) is 3.42. The van der Waals surface area contributed by atoms with E-state index in [1.807, 2.05) is 12.5 Å². The number of thioether (sulfide) groups is 1. The third-order valence-corrected chi connectivity index (χ3v) is 0.123. The molecule has 0 rings (SSSR count). The maximum Gasteiger partial charge on any atom is 0.418 e. The molecule has 0 aromatic heterocycles. The van der Waals surface area contributed by atoms with Crippen molar-refractivity contribution in [1.82, 2.24) is 5.43 Å². The molecule has 9 heavy (non-hydrogen) atoms. The molecule has 0 saturated heterocycles. The van der Waals surface area contributed by atoms with Gasteiger partial charge in [0, 0.05) is 16.5 Å². The zero-order valence-electron chi connectivity index (χ0n) is 5.16. The van der Waals surface area contributed by atoms with Crippen LogP contribution >= 0.6 is 11.8 Å². The largest absolute Gasteiger partial charge is 0.464 e. The number of nitrogens with one attached hydrogen (secondary N) is 1. The Morgan fingerprint density at radius 2 is 1.78 bits per heavy atom. The summed E-state index contributed by atoms with van der Waals surface area (Å²) in [5.74, 6) is 4.32. The number of amides is 1. The van der Waals surface area contributed by atoms with Crippen molar-refractivity contribution in [3.63, 3.8) is 0 Å². The van der Waals surface area contributed by atoms with Crippen LogP contribution in [-0.2, 0) is 16.5 Å². The third-order valence-electron chi connectivity index (χ3n) is 0.123. The maximum atomic E-state index is 9.13. The van der Waals surface area contributed by atoms with Crippen LogP contribution in [0.4, 0.5) is 4.79 Å². The van der Waals surface area contributed by atoms with E-state index >= 15 is 0 Å². The molecule has 4 nitrogen and oxygen atoms in total. The molecule has 4 N–H and O–H groups in total. The Bertz CT molecular complexity index is 63.8. The van der Waals surface area contributed by atoms with Crippen LogP contribution in [0.3, 0.4) is 0 Å². The van der Waals surface area contributed by atoms with Crippen molar-refractivity contribution < 1.29 is 26.4 Å².